The number of ether oxygens (including phenoxy) is 3. The van der Waals surface area contributed by atoms with Gasteiger partial charge in [-0.1, -0.05) is 295 Å². The molecule has 1 amide bonds. The number of carbonyl (C=O) groups is 2. The van der Waals surface area contributed by atoms with Gasteiger partial charge in [-0.05, 0) is 51.4 Å². The summed E-state index contributed by atoms with van der Waals surface area (Å²) in [4.78, 5) is 26.6. The monoisotopic (exact) mass is 1100 g/mol. The van der Waals surface area contributed by atoms with Gasteiger partial charge < -0.3 is 45.1 Å². The van der Waals surface area contributed by atoms with Crippen LogP contribution in [0.3, 0.4) is 0 Å². The molecule has 6 N–H and O–H groups in total. The highest BCUT2D eigenvalue weighted by molar-refractivity contribution is 5.80. The van der Waals surface area contributed by atoms with E-state index in [2.05, 4.69) is 50.4 Å². The highest BCUT2D eigenvalue weighted by Gasteiger charge is 2.47. The molecule has 0 saturated carbocycles. The standard InChI is InChI=1S/C67H125NO10/c1-4-7-10-13-16-19-22-25-27-28-29-30-31-32-33-34-35-37-40-43-46-49-52-55-62(72)78-65-64(74)63(73)61(56-69)77-67(65)76-57-58(59(70)53-50-47-44-41-38-24-21-18-15-12-9-6-3)68-66(75)60(71)54-51-48-45-42-39-36-26-23-20-17-14-11-8-5-2/h17,20,23,26,50,53,58-61,63-65,67,69-71,73-74H,4-16,18-19,21-22,24-25,27-49,51-52,54-57H2,1-3H3,(H,68,75)/b20-17+,26-23+,53-50+. The van der Waals surface area contributed by atoms with Crippen molar-refractivity contribution in [2.75, 3.05) is 13.2 Å². The van der Waals surface area contributed by atoms with Crippen LogP contribution in [0.4, 0.5) is 0 Å². The fourth-order valence-corrected chi connectivity index (χ4v) is 10.5. The molecule has 8 unspecified atom stereocenters. The first-order chi connectivity index (χ1) is 38.2. The summed E-state index contributed by atoms with van der Waals surface area (Å²) in [5.74, 6) is -1.19. The van der Waals surface area contributed by atoms with Crippen molar-refractivity contribution in [1.29, 1.82) is 0 Å². The fourth-order valence-electron chi connectivity index (χ4n) is 10.5. The number of unbranched alkanes of at least 4 members (excludes halogenated alkanes) is 40. The van der Waals surface area contributed by atoms with Crippen LogP contribution in [0.2, 0.25) is 0 Å². The van der Waals surface area contributed by atoms with Crippen LogP contribution in [-0.2, 0) is 23.8 Å². The first-order valence-electron chi connectivity index (χ1n) is 33.3. The number of allylic oxidation sites excluding steroid dienone is 5. The van der Waals surface area contributed by atoms with Gasteiger partial charge in [0.2, 0.25) is 5.91 Å². The molecule has 8 atom stereocenters. The Morgan fingerprint density at radius 3 is 1.31 bits per heavy atom. The molecule has 1 heterocycles. The molecule has 0 aromatic rings. The van der Waals surface area contributed by atoms with E-state index >= 15 is 0 Å². The lowest BCUT2D eigenvalue weighted by Gasteiger charge is -2.41. The van der Waals surface area contributed by atoms with E-state index in [9.17, 15) is 35.1 Å². The van der Waals surface area contributed by atoms with E-state index in [1.807, 2.05) is 6.08 Å². The van der Waals surface area contributed by atoms with Gasteiger partial charge in [-0.15, -0.1) is 0 Å². The quantitative estimate of drug-likeness (QED) is 0.0149. The molecule has 1 aliphatic rings. The highest BCUT2D eigenvalue weighted by Crippen LogP contribution is 2.26. The van der Waals surface area contributed by atoms with Crippen molar-refractivity contribution in [3.8, 4) is 0 Å². The Morgan fingerprint density at radius 2 is 0.872 bits per heavy atom. The van der Waals surface area contributed by atoms with Crippen LogP contribution in [0.15, 0.2) is 36.5 Å². The molecule has 1 saturated heterocycles. The second-order valence-corrected chi connectivity index (χ2v) is 23.2. The minimum Gasteiger partial charge on any atom is -0.454 e. The zero-order valence-electron chi connectivity index (χ0n) is 50.8. The normalized spacial score (nSPS) is 19.1. The van der Waals surface area contributed by atoms with Crippen LogP contribution in [0.1, 0.15) is 316 Å². The summed E-state index contributed by atoms with van der Waals surface area (Å²) in [6, 6.07) is -1.03. The Hall–Kier alpha value is -2.12. The predicted octanol–water partition coefficient (Wildman–Crippen LogP) is 16.2. The molecule has 11 heteroatoms. The predicted molar refractivity (Wildman–Crippen MR) is 324 cm³/mol. The Morgan fingerprint density at radius 1 is 0.500 bits per heavy atom. The molecular weight excluding hydrogens is 979 g/mol. The average molecular weight is 1100 g/mol. The van der Waals surface area contributed by atoms with Crippen LogP contribution in [-0.4, -0.2) is 99.6 Å². The Balaban J connectivity index is 2.59. The van der Waals surface area contributed by atoms with Crippen LogP contribution in [0.25, 0.3) is 0 Å². The summed E-state index contributed by atoms with van der Waals surface area (Å²) in [6.45, 7) is 5.78. The van der Waals surface area contributed by atoms with E-state index in [1.54, 1.807) is 6.08 Å². The lowest BCUT2D eigenvalue weighted by atomic mass is 9.99. The van der Waals surface area contributed by atoms with E-state index in [0.717, 1.165) is 77.0 Å². The third-order valence-corrected chi connectivity index (χ3v) is 15.8. The van der Waals surface area contributed by atoms with Gasteiger partial charge in [0.1, 0.15) is 24.4 Å². The maximum Gasteiger partial charge on any atom is 0.306 e. The second kappa shape index (κ2) is 55.4. The molecule has 78 heavy (non-hydrogen) atoms. The molecule has 0 radical (unpaired) electrons. The number of rotatable bonds is 57. The third-order valence-electron chi connectivity index (χ3n) is 15.8. The van der Waals surface area contributed by atoms with Crippen molar-refractivity contribution in [2.45, 2.75) is 365 Å². The lowest BCUT2D eigenvalue weighted by Crippen LogP contribution is -2.61. The van der Waals surface area contributed by atoms with Gasteiger partial charge in [-0.2, -0.15) is 0 Å². The first-order valence-corrected chi connectivity index (χ1v) is 33.3. The van der Waals surface area contributed by atoms with Crippen molar-refractivity contribution < 1.29 is 49.3 Å². The molecule has 1 rings (SSSR count). The zero-order valence-corrected chi connectivity index (χ0v) is 50.8. The van der Waals surface area contributed by atoms with Gasteiger partial charge in [0.15, 0.2) is 12.4 Å². The minimum atomic E-state index is -1.61. The van der Waals surface area contributed by atoms with Gasteiger partial charge in [0.25, 0.3) is 0 Å². The van der Waals surface area contributed by atoms with Crippen molar-refractivity contribution >= 4 is 11.9 Å². The Labute approximate surface area is 479 Å². The number of carbonyl (C=O) groups excluding carboxylic acids is 2. The summed E-state index contributed by atoms with van der Waals surface area (Å²) in [5, 5.41) is 57.0. The van der Waals surface area contributed by atoms with E-state index in [-0.39, 0.29) is 19.4 Å². The molecule has 1 fully saturated rings. The van der Waals surface area contributed by atoms with Gasteiger partial charge in [0, 0.05) is 6.42 Å². The molecular formula is C67H125NO10. The van der Waals surface area contributed by atoms with Crippen molar-refractivity contribution in [2.24, 2.45) is 0 Å². The van der Waals surface area contributed by atoms with E-state index in [1.165, 1.54) is 193 Å². The number of hydrogen-bond acceptors (Lipinski definition) is 10. The highest BCUT2D eigenvalue weighted by atomic mass is 16.7. The van der Waals surface area contributed by atoms with Crippen molar-refractivity contribution in [3.63, 3.8) is 0 Å². The summed E-state index contributed by atoms with van der Waals surface area (Å²) in [7, 11) is 0. The molecule has 0 aromatic heterocycles. The SMILES string of the molecule is CCCCC/C=C/C=C/CCCCCCCC(O)C(=O)NC(COC1OC(CO)C(O)C(O)C1OC(=O)CCCCCCCCCCCCCCCCCCCCCCCCC)C(O)/C=C/CCCCCCCCCCCC. The summed E-state index contributed by atoms with van der Waals surface area (Å²) >= 11 is 0. The molecule has 1 aliphatic heterocycles. The third kappa shape index (κ3) is 42.7. The zero-order chi connectivity index (χ0) is 56.8. The molecule has 0 aliphatic carbocycles. The maximum absolute atomic E-state index is 13.4. The minimum absolute atomic E-state index is 0.127. The van der Waals surface area contributed by atoms with Gasteiger partial charge in [-0.25, -0.2) is 0 Å². The van der Waals surface area contributed by atoms with E-state index < -0.39 is 67.4 Å². The Bertz CT molecular complexity index is 1410. The van der Waals surface area contributed by atoms with Crippen LogP contribution < -0.4 is 5.32 Å². The number of esters is 1. The fraction of sp³-hybridized carbons (Fsp3) is 0.881. The molecule has 458 valence electrons. The number of aliphatic hydroxyl groups is 5. The average Bonchev–Trinajstić information content (AvgIpc) is 3.45. The first kappa shape index (κ1) is 73.9. The summed E-state index contributed by atoms with van der Waals surface area (Å²) in [6.07, 6.45) is 56.2. The second-order valence-electron chi connectivity index (χ2n) is 23.2. The lowest BCUT2D eigenvalue weighted by molar-refractivity contribution is -0.305. The molecule has 0 spiro atoms. The Kier molecular flexibility index (Phi) is 52.5. The van der Waals surface area contributed by atoms with Crippen molar-refractivity contribution in [1.82, 2.24) is 5.32 Å². The molecule has 0 bridgehead atoms. The maximum atomic E-state index is 13.4. The summed E-state index contributed by atoms with van der Waals surface area (Å²) in [5.41, 5.74) is 0. The number of nitrogens with one attached hydrogen (secondary N) is 1. The topological polar surface area (TPSA) is 175 Å². The molecule has 11 nitrogen and oxygen atoms in total. The van der Waals surface area contributed by atoms with Crippen LogP contribution in [0, 0.1) is 0 Å². The van der Waals surface area contributed by atoms with Gasteiger partial charge in [-0.3, -0.25) is 9.59 Å². The van der Waals surface area contributed by atoms with Crippen molar-refractivity contribution in [3.05, 3.63) is 36.5 Å². The van der Waals surface area contributed by atoms with E-state index in [4.69, 9.17) is 14.2 Å². The number of amides is 1. The molecule has 0 aromatic carbocycles. The van der Waals surface area contributed by atoms with Gasteiger partial charge >= 0.3 is 5.97 Å². The van der Waals surface area contributed by atoms with Crippen LogP contribution in [0.5, 0.6) is 0 Å². The largest absolute Gasteiger partial charge is 0.454 e. The van der Waals surface area contributed by atoms with E-state index in [0.29, 0.717) is 12.8 Å². The van der Waals surface area contributed by atoms with Crippen LogP contribution >= 0.6 is 0 Å². The summed E-state index contributed by atoms with van der Waals surface area (Å²) < 4.78 is 17.7. The van der Waals surface area contributed by atoms with Gasteiger partial charge in [0.05, 0.1) is 25.4 Å². The smallest absolute Gasteiger partial charge is 0.306 e. The number of hydrogen-bond donors (Lipinski definition) is 6. The number of aliphatic hydroxyl groups excluding tert-OH is 5.